The van der Waals surface area contributed by atoms with Crippen LogP contribution in [0.3, 0.4) is 0 Å². The maximum atomic E-state index is 5.55. The lowest BCUT2D eigenvalue weighted by Crippen LogP contribution is -2.32. The highest BCUT2D eigenvalue weighted by Crippen LogP contribution is 2.37. The van der Waals surface area contributed by atoms with E-state index in [0.717, 1.165) is 21.6 Å². The molecule has 1 saturated carbocycles. The first-order valence-corrected chi connectivity index (χ1v) is 7.34. The van der Waals surface area contributed by atoms with E-state index in [1.807, 2.05) is 12.1 Å². The van der Waals surface area contributed by atoms with Gasteiger partial charge in [0.1, 0.15) is 5.75 Å². The molecule has 0 aliphatic heterocycles. The fourth-order valence-corrected chi connectivity index (χ4v) is 3.71. The van der Waals surface area contributed by atoms with Crippen molar-refractivity contribution in [3.63, 3.8) is 0 Å². The molecular formula is C15H20N2OS. The van der Waals surface area contributed by atoms with Gasteiger partial charge in [-0.1, -0.05) is 19.3 Å². The number of hydrogen-bond donors (Lipinski definition) is 1. The lowest BCUT2D eigenvalue weighted by atomic mass is 9.83. The zero-order valence-corrected chi connectivity index (χ0v) is 12.3. The van der Waals surface area contributed by atoms with Crippen LogP contribution < -0.4 is 4.74 Å². The molecule has 1 N–H and O–H groups in total. The molecule has 0 saturated heterocycles. The van der Waals surface area contributed by atoms with E-state index in [0.29, 0.717) is 0 Å². The van der Waals surface area contributed by atoms with E-state index in [-0.39, 0.29) is 5.54 Å². The normalized spacial score (nSPS) is 18.6. The highest BCUT2D eigenvalue weighted by molar-refractivity contribution is 7.71. The zero-order valence-electron chi connectivity index (χ0n) is 11.5. The van der Waals surface area contributed by atoms with Gasteiger partial charge in [0, 0.05) is 11.6 Å². The minimum atomic E-state index is 0.139. The molecule has 19 heavy (non-hydrogen) atoms. The highest BCUT2D eigenvalue weighted by Gasteiger charge is 2.30. The minimum absolute atomic E-state index is 0.139. The first kappa shape index (κ1) is 12.7. The summed E-state index contributed by atoms with van der Waals surface area (Å²) in [7, 11) is 1.70. The van der Waals surface area contributed by atoms with Crippen LogP contribution in [0.2, 0.25) is 0 Å². The van der Waals surface area contributed by atoms with Crippen molar-refractivity contribution in [2.24, 2.45) is 0 Å². The number of fused-ring (bicyclic) bond motifs is 1. The molecule has 3 nitrogen and oxygen atoms in total. The smallest absolute Gasteiger partial charge is 0.178 e. The Morgan fingerprint density at radius 3 is 2.68 bits per heavy atom. The van der Waals surface area contributed by atoms with E-state index in [4.69, 9.17) is 17.0 Å². The topological polar surface area (TPSA) is 29.9 Å². The average molecular weight is 276 g/mol. The van der Waals surface area contributed by atoms with Gasteiger partial charge in [0.05, 0.1) is 18.1 Å². The van der Waals surface area contributed by atoms with E-state index in [1.165, 1.54) is 32.1 Å². The number of benzene rings is 1. The van der Waals surface area contributed by atoms with Gasteiger partial charge in [0.2, 0.25) is 0 Å². The number of nitrogens with zero attached hydrogens (tertiary/aromatic N) is 1. The largest absolute Gasteiger partial charge is 0.497 e. The van der Waals surface area contributed by atoms with Crippen LogP contribution in [-0.4, -0.2) is 16.7 Å². The molecule has 1 fully saturated rings. The Hall–Kier alpha value is -1.29. The zero-order chi connectivity index (χ0) is 13.5. The number of H-pyrrole nitrogens is 1. The number of aromatic amines is 1. The standard InChI is InChI=1S/C15H20N2OS/c1-15(8-4-3-5-9-15)17-13-10-11(18-2)6-7-12(13)16-14(17)19/h6-7,10H,3-5,8-9H2,1-2H3,(H,16,19). The molecule has 3 rings (SSSR count). The van der Waals surface area contributed by atoms with Crippen LogP contribution >= 0.6 is 12.2 Å². The van der Waals surface area contributed by atoms with E-state index in [2.05, 4.69) is 22.5 Å². The Balaban J connectivity index is 2.21. The third kappa shape index (κ3) is 2.08. The number of ether oxygens (including phenoxy) is 1. The number of methoxy groups -OCH3 is 1. The van der Waals surface area contributed by atoms with Gasteiger partial charge >= 0.3 is 0 Å². The molecule has 4 heteroatoms. The van der Waals surface area contributed by atoms with Crippen molar-refractivity contribution in [2.45, 2.75) is 44.6 Å². The van der Waals surface area contributed by atoms with Gasteiger partial charge < -0.3 is 14.3 Å². The molecule has 2 aromatic rings. The van der Waals surface area contributed by atoms with Crippen LogP contribution in [0, 0.1) is 4.77 Å². The van der Waals surface area contributed by atoms with Gasteiger partial charge in [0.25, 0.3) is 0 Å². The van der Waals surface area contributed by atoms with Crippen LogP contribution in [0.15, 0.2) is 18.2 Å². The van der Waals surface area contributed by atoms with Crippen molar-refractivity contribution < 1.29 is 4.74 Å². The van der Waals surface area contributed by atoms with Crippen molar-refractivity contribution >= 4 is 23.3 Å². The molecule has 1 heterocycles. The molecule has 1 aliphatic carbocycles. The van der Waals surface area contributed by atoms with Crippen molar-refractivity contribution in [3.8, 4) is 5.75 Å². The van der Waals surface area contributed by atoms with Crippen LogP contribution in [0.4, 0.5) is 0 Å². The molecule has 102 valence electrons. The van der Waals surface area contributed by atoms with E-state index in [9.17, 15) is 0 Å². The SMILES string of the molecule is COc1ccc2[nH]c(=S)n(C3(C)CCCCC3)c2c1. The summed E-state index contributed by atoms with van der Waals surface area (Å²) in [6, 6.07) is 6.11. The molecule has 1 aromatic carbocycles. The fraction of sp³-hybridized carbons (Fsp3) is 0.533. The lowest BCUT2D eigenvalue weighted by molar-refractivity contribution is 0.222. The molecule has 0 radical (unpaired) electrons. The predicted octanol–water partition coefficient (Wildman–Crippen LogP) is 4.39. The second-order valence-corrected chi connectivity index (χ2v) is 6.09. The van der Waals surface area contributed by atoms with Crippen LogP contribution in [0.25, 0.3) is 11.0 Å². The maximum Gasteiger partial charge on any atom is 0.178 e. The summed E-state index contributed by atoms with van der Waals surface area (Å²) in [6.07, 6.45) is 6.31. The number of hydrogen-bond acceptors (Lipinski definition) is 2. The Morgan fingerprint density at radius 2 is 2.00 bits per heavy atom. The van der Waals surface area contributed by atoms with Gasteiger partial charge in [-0.3, -0.25) is 0 Å². The molecule has 0 atom stereocenters. The van der Waals surface area contributed by atoms with Crippen LogP contribution in [0.1, 0.15) is 39.0 Å². The molecule has 0 unspecified atom stereocenters. The third-order valence-electron chi connectivity index (χ3n) is 4.36. The number of nitrogens with one attached hydrogen (secondary N) is 1. The number of imidazole rings is 1. The first-order chi connectivity index (χ1) is 9.14. The van der Waals surface area contributed by atoms with Crippen molar-refractivity contribution in [1.82, 2.24) is 9.55 Å². The van der Waals surface area contributed by atoms with Gasteiger partial charge in [-0.15, -0.1) is 0 Å². The van der Waals surface area contributed by atoms with E-state index in [1.54, 1.807) is 7.11 Å². The molecule has 0 amide bonds. The van der Waals surface area contributed by atoms with E-state index >= 15 is 0 Å². The summed E-state index contributed by atoms with van der Waals surface area (Å²) in [5.41, 5.74) is 2.39. The first-order valence-electron chi connectivity index (χ1n) is 6.93. The Labute approximate surface area is 118 Å². The Bertz CT molecular complexity index is 650. The Morgan fingerprint density at radius 1 is 1.26 bits per heavy atom. The summed E-state index contributed by atoms with van der Waals surface area (Å²) >= 11 is 5.55. The summed E-state index contributed by atoms with van der Waals surface area (Å²) in [5, 5.41) is 0. The summed E-state index contributed by atoms with van der Waals surface area (Å²) in [6.45, 7) is 2.33. The lowest BCUT2D eigenvalue weighted by Gasteiger charge is -2.35. The molecule has 0 spiro atoms. The summed E-state index contributed by atoms with van der Waals surface area (Å²) in [5.74, 6) is 0.884. The quantitative estimate of drug-likeness (QED) is 0.825. The van der Waals surface area contributed by atoms with E-state index < -0.39 is 0 Å². The van der Waals surface area contributed by atoms with Gasteiger partial charge in [-0.05, 0) is 44.1 Å². The van der Waals surface area contributed by atoms with Crippen LogP contribution in [0.5, 0.6) is 5.75 Å². The van der Waals surface area contributed by atoms with Gasteiger partial charge in [-0.25, -0.2) is 0 Å². The summed E-state index contributed by atoms with van der Waals surface area (Å²) in [4.78, 5) is 3.32. The average Bonchev–Trinajstić information content (AvgIpc) is 2.74. The Kier molecular flexibility index (Phi) is 3.13. The maximum absolute atomic E-state index is 5.55. The van der Waals surface area contributed by atoms with Gasteiger partial charge in [0.15, 0.2) is 4.77 Å². The monoisotopic (exact) mass is 276 g/mol. The van der Waals surface area contributed by atoms with Crippen molar-refractivity contribution in [2.75, 3.05) is 7.11 Å². The second kappa shape index (κ2) is 4.67. The second-order valence-electron chi connectivity index (χ2n) is 5.71. The van der Waals surface area contributed by atoms with Crippen molar-refractivity contribution in [1.29, 1.82) is 0 Å². The fourth-order valence-electron chi connectivity index (χ4n) is 3.28. The van der Waals surface area contributed by atoms with Crippen molar-refractivity contribution in [3.05, 3.63) is 23.0 Å². The predicted molar refractivity (Wildman–Crippen MR) is 80.4 cm³/mol. The molecular weight excluding hydrogens is 256 g/mol. The summed E-state index contributed by atoms with van der Waals surface area (Å²) < 4.78 is 8.48. The minimum Gasteiger partial charge on any atom is -0.497 e. The molecule has 1 aliphatic rings. The van der Waals surface area contributed by atoms with Crippen LogP contribution in [-0.2, 0) is 5.54 Å². The number of aromatic nitrogens is 2. The molecule has 0 bridgehead atoms. The highest BCUT2D eigenvalue weighted by atomic mass is 32.1. The molecule has 1 aromatic heterocycles. The third-order valence-corrected chi connectivity index (χ3v) is 4.65. The number of rotatable bonds is 2. The van der Waals surface area contributed by atoms with Gasteiger partial charge in [-0.2, -0.15) is 0 Å².